The van der Waals surface area contributed by atoms with Crippen molar-refractivity contribution in [3.05, 3.63) is 12.5 Å². The molecule has 8 heavy (non-hydrogen) atoms. The molecule has 0 radical (unpaired) electrons. The molecule has 0 saturated carbocycles. The van der Waals surface area contributed by atoms with Crippen molar-refractivity contribution < 1.29 is 9.73 Å². The molecule has 0 atom stereocenters. The molecule has 3 N–H and O–H groups in total. The minimum Gasteiger partial charge on any atom is -0.346 e. The molecule has 0 aliphatic heterocycles. The first-order valence-corrected chi connectivity index (χ1v) is 1.47. The van der Waals surface area contributed by atoms with Gasteiger partial charge in [0, 0.05) is 5.27 Å². The molecule has 48 valence electrons. The SMILES string of the molecule is Cl.NO.c1conn1. The standard InChI is InChI=1S/C2H2N2O.ClH.H3NO/c1-2-5-4-3-1;;1-2/h1-2H;1H;2H,1H2. The van der Waals surface area contributed by atoms with E-state index in [-0.39, 0.29) is 12.4 Å². The van der Waals surface area contributed by atoms with E-state index in [1.165, 1.54) is 12.5 Å². The van der Waals surface area contributed by atoms with Gasteiger partial charge in [0.2, 0.25) is 0 Å². The Morgan fingerprint density at radius 1 is 1.50 bits per heavy atom. The van der Waals surface area contributed by atoms with Crippen molar-refractivity contribution in [2.24, 2.45) is 5.90 Å². The van der Waals surface area contributed by atoms with E-state index < -0.39 is 0 Å². The van der Waals surface area contributed by atoms with Crippen LogP contribution in [0.15, 0.2) is 17.0 Å². The zero-order valence-corrected chi connectivity index (χ0v) is 4.71. The maximum absolute atomic E-state index is 6.50. The van der Waals surface area contributed by atoms with Gasteiger partial charge >= 0.3 is 0 Å². The molecule has 5 nitrogen and oxygen atoms in total. The van der Waals surface area contributed by atoms with Crippen molar-refractivity contribution in [1.29, 1.82) is 0 Å². The van der Waals surface area contributed by atoms with Gasteiger partial charge in [-0.25, -0.2) is 5.90 Å². The molecule has 6 heteroatoms. The first-order chi connectivity index (χ1) is 3.50. The highest BCUT2D eigenvalue weighted by Crippen LogP contribution is 1.64. The van der Waals surface area contributed by atoms with Gasteiger partial charge < -0.3 is 9.73 Å². The van der Waals surface area contributed by atoms with E-state index in [1.54, 1.807) is 0 Å². The Hall–Kier alpha value is -0.650. The van der Waals surface area contributed by atoms with Crippen LogP contribution < -0.4 is 5.90 Å². The maximum Gasteiger partial charge on any atom is 0.144 e. The monoisotopic (exact) mass is 139 g/mol. The van der Waals surface area contributed by atoms with Gasteiger partial charge in [-0.2, -0.15) is 0 Å². The number of rotatable bonds is 0. The van der Waals surface area contributed by atoms with Gasteiger partial charge in [-0.3, -0.25) is 0 Å². The fraction of sp³-hybridized carbons (Fsp3) is 0. The average molecular weight is 140 g/mol. The fourth-order valence-electron chi connectivity index (χ4n) is 0.136. The lowest BCUT2D eigenvalue weighted by atomic mass is 11.0. The predicted octanol–water partition coefficient (Wildman–Crippen LogP) is -0.174. The molecule has 0 aliphatic rings. The molecule has 0 unspecified atom stereocenters. The highest BCUT2D eigenvalue weighted by molar-refractivity contribution is 5.85. The molecule has 1 rings (SSSR count). The lowest BCUT2D eigenvalue weighted by Gasteiger charge is -1.45. The molecule has 0 aliphatic carbocycles. The van der Waals surface area contributed by atoms with Crippen LogP contribution >= 0.6 is 12.4 Å². The minimum atomic E-state index is 0. The third-order valence-electron chi connectivity index (χ3n) is 0.283. The largest absolute Gasteiger partial charge is 0.346 e. The van der Waals surface area contributed by atoms with E-state index >= 15 is 0 Å². The normalized spacial score (nSPS) is 5.75. The molecule has 0 bridgehead atoms. The number of halogens is 1. The van der Waals surface area contributed by atoms with E-state index in [0.29, 0.717) is 0 Å². The van der Waals surface area contributed by atoms with E-state index in [9.17, 15) is 0 Å². The van der Waals surface area contributed by atoms with Crippen molar-refractivity contribution >= 4 is 12.4 Å². The van der Waals surface area contributed by atoms with Gasteiger partial charge in [0.15, 0.2) is 0 Å². The van der Waals surface area contributed by atoms with E-state index in [4.69, 9.17) is 5.21 Å². The number of hydrogen-bond donors (Lipinski definition) is 2. The van der Waals surface area contributed by atoms with Crippen LogP contribution in [0.4, 0.5) is 0 Å². The Kier molecular flexibility index (Phi) is 12.4. The smallest absolute Gasteiger partial charge is 0.144 e. The lowest BCUT2D eigenvalue weighted by molar-refractivity contribution is 0.311. The highest BCUT2D eigenvalue weighted by Gasteiger charge is 1.61. The fourth-order valence-corrected chi connectivity index (χ4v) is 0.136. The van der Waals surface area contributed by atoms with Crippen LogP contribution in [0.25, 0.3) is 0 Å². The zero-order chi connectivity index (χ0) is 5.54. The molecule has 0 spiro atoms. The van der Waals surface area contributed by atoms with Gasteiger partial charge in [0.25, 0.3) is 0 Å². The molecule has 1 aromatic heterocycles. The summed E-state index contributed by atoms with van der Waals surface area (Å²) in [5, 5.41) is 12.9. The molecule has 0 saturated heterocycles. The Morgan fingerprint density at radius 2 is 2.12 bits per heavy atom. The number of hydrogen-bond acceptors (Lipinski definition) is 5. The summed E-state index contributed by atoms with van der Waals surface area (Å²) in [4.78, 5) is 0. The topological polar surface area (TPSA) is 85.2 Å². The van der Waals surface area contributed by atoms with Crippen molar-refractivity contribution in [2.45, 2.75) is 0 Å². The Balaban J connectivity index is 0. The van der Waals surface area contributed by atoms with Gasteiger partial charge in [0.1, 0.15) is 6.26 Å². The Bertz CT molecular complexity index is 71.8. The third-order valence-corrected chi connectivity index (χ3v) is 0.283. The van der Waals surface area contributed by atoms with Gasteiger partial charge in [-0.05, 0) is 0 Å². The second kappa shape index (κ2) is 9.61. The predicted molar refractivity (Wildman–Crippen MR) is 27.5 cm³/mol. The van der Waals surface area contributed by atoms with E-state index in [0.717, 1.165) is 0 Å². The first kappa shape index (κ1) is 10.4. The van der Waals surface area contributed by atoms with Crippen LogP contribution in [0.3, 0.4) is 0 Å². The molecule has 0 aromatic carbocycles. The minimum absolute atomic E-state index is 0. The van der Waals surface area contributed by atoms with Gasteiger partial charge in [-0.1, -0.05) is 0 Å². The van der Waals surface area contributed by atoms with Crippen molar-refractivity contribution in [1.82, 2.24) is 10.4 Å². The van der Waals surface area contributed by atoms with Crippen LogP contribution in [0, 0.1) is 0 Å². The summed E-state index contributed by atoms with van der Waals surface area (Å²) < 4.78 is 4.22. The molecule has 0 amide bonds. The molecule has 0 fully saturated rings. The van der Waals surface area contributed by atoms with Crippen molar-refractivity contribution in [2.75, 3.05) is 0 Å². The van der Waals surface area contributed by atoms with Crippen LogP contribution in [-0.4, -0.2) is 15.6 Å². The zero-order valence-electron chi connectivity index (χ0n) is 3.89. The van der Waals surface area contributed by atoms with Crippen LogP contribution in [-0.2, 0) is 0 Å². The quantitative estimate of drug-likeness (QED) is 0.488. The first-order valence-electron chi connectivity index (χ1n) is 1.47. The second-order valence-electron chi connectivity index (χ2n) is 0.588. The lowest BCUT2D eigenvalue weighted by Crippen LogP contribution is -1.72. The Morgan fingerprint density at radius 3 is 2.25 bits per heavy atom. The van der Waals surface area contributed by atoms with Gasteiger partial charge in [-0.15, -0.1) is 17.5 Å². The molecular formula is C2H6ClN3O2. The summed E-state index contributed by atoms with van der Waals surface area (Å²) in [6, 6.07) is 0. The number of aromatic nitrogens is 2. The second-order valence-corrected chi connectivity index (χ2v) is 0.588. The highest BCUT2D eigenvalue weighted by atomic mass is 35.5. The summed E-state index contributed by atoms with van der Waals surface area (Å²) >= 11 is 0. The van der Waals surface area contributed by atoms with Crippen molar-refractivity contribution in [3.63, 3.8) is 0 Å². The average Bonchev–Trinajstić information content (AvgIpc) is 2.23. The summed E-state index contributed by atoms with van der Waals surface area (Å²) in [7, 11) is 0. The third kappa shape index (κ3) is 5.35. The van der Waals surface area contributed by atoms with Crippen LogP contribution in [0.1, 0.15) is 0 Å². The summed E-state index contributed by atoms with van der Waals surface area (Å²) in [6.45, 7) is 0. The molecule has 1 heterocycles. The van der Waals surface area contributed by atoms with Crippen LogP contribution in [0.5, 0.6) is 0 Å². The van der Waals surface area contributed by atoms with Crippen LogP contribution in [0.2, 0.25) is 0 Å². The van der Waals surface area contributed by atoms with Gasteiger partial charge in [0.05, 0.1) is 6.20 Å². The van der Waals surface area contributed by atoms with Crippen molar-refractivity contribution in [3.8, 4) is 0 Å². The summed E-state index contributed by atoms with van der Waals surface area (Å²) in [5.41, 5.74) is 0. The van der Waals surface area contributed by atoms with E-state index in [1.807, 2.05) is 0 Å². The Labute approximate surface area is 51.8 Å². The van der Waals surface area contributed by atoms with E-state index in [2.05, 4.69) is 20.8 Å². The molecule has 1 aromatic rings. The summed E-state index contributed by atoms with van der Waals surface area (Å²) in [5.74, 6) is 3.50. The molecular weight excluding hydrogens is 133 g/mol. The number of nitrogens with zero attached hydrogens (tertiary/aromatic N) is 2. The number of nitrogens with two attached hydrogens (primary N) is 1. The summed E-state index contributed by atoms with van der Waals surface area (Å²) in [6.07, 6.45) is 2.88. The maximum atomic E-state index is 6.50.